The van der Waals surface area contributed by atoms with Gasteiger partial charge in [-0.25, -0.2) is 9.48 Å². The van der Waals surface area contributed by atoms with Crippen LogP contribution in [0.1, 0.15) is 31.3 Å². The Morgan fingerprint density at radius 2 is 1.49 bits per heavy atom. The van der Waals surface area contributed by atoms with Gasteiger partial charge in [0.05, 0.1) is 19.9 Å². The lowest BCUT2D eigenvalue weighted by molar-refractivity contribution is 0.0634. The summed E-state index contributed by atoms with van der Waals surface area (Å²) in [5.41, 5.74) is 1.39. The molecule has 10 heteroatoms. The van der Waals surface area contributed by atoms with Crippen molar-refractivity contribution in [3.63, 3.8) is 0 Å². The van der Waals surface area contributed by atoms with Gasteiger partial charge in [0.2, 0.25) is 0 Å². The number of ether oxygens (including phenoxy) is 3. The zero-order chi connectivity index (χ0) is 26.6. The van der Waals surface area contributed by atoms with E-state index in [0.29, 0.717) is 49.1 Å². The van der Waals surface area contributed by atoms with Crippen LogP contribution >= 0.6 is 0 Å². The predicted octanol–water partition coefficient (Wildman–Crippen LogP) is 4.20. The van der Waals surface area contributed by atoms with E-state index in [0.717, 1.165) is 5.69 Å². The Labute approximate surface area is 216 Å². The summed E-state index contributed by atoms with van der Waals surface area (Å²) in [7, 11) is 3.24. The van der Waals surface area contributed by atoms with E-state index in [2.05, 4.69) is 15.3 Å². The number of methoxy groups -OCH3 is 2. The van der Waals surface area contributed by atoms with Crippen LogP contribution in [-0.4, -0.2) is 72.7 Å². The number of para-hydroxylation sites is 1. The van der Waals surface area contributed by atoms with Crippen molar-refractivity contribution in [2.45, 2.75) is 26.4 Å². The summed E-state index contributed by atoms with van der Waals surface area (Å²) in [6.45, 7) is 7.68. The number of nitrogens with one attached hydrogen (secondary N) is 1. The first kappa shape index (κ1) is 25.9. The zero-order valence-corrected chi connectivity index (χ0v) is 21.9. The monoisotopic (exact) mass is 507 g/mol. The normalized spacial score (nSPS) is 13.8. The van der Waals surface area contributed by atoms with Gasteiger partial charge in [-0.15, -0.1) is 5.10 Å². The molecule has 0 atom stereocenters. The fourth-order valence-corrected chi connectivity index (χ4v) is 4.07. The third-order valence-electron chi connectivity index (χ3n) is 5.83. The number of aromatic nitrogens is 2. The third-order valence-corrected chi connectivity index (χ3v) is 5.83. The second kappa shape index (κ2) is 10.8. The summed E-state index contributed by atoms with van der Waals surface area (Å²) in [6.07, 6.45) is -0.633. The number of hydrogen-bond donors (Lipinski definition) is 1. The van der Waals surface area contributed by atoms with Crippen LogP contribution in [0.4, 0.5) is 16.3 Å². The molecule has 196 valence electrons. The highest BCUT2D eigenvalue weighted by molar-refractivity contribution is 5.95. The van der Waals surface area contributed by atoms with E-state index in [1.807, 2.05) is 48.5 Å². The molecular formula is C27H33N5O5. The lowest BCUT2D eigenvalue weighted by atomic mass is 10.2. The Morgan fingerprint density at radius 1 is 0.865 bits per heavy atom. The molecular weight excluding hydrogens is 474 g/mol. The predicted molar refractivity (Wildman–Crippen MR) is 141 cm³/mol. The van der Waals surface area contributed by atoms with E-state index in [1.54, 1.807) is 50.6 Å². The first-order valence-corrected chi connectivity index (χ1v) is 12.1. The van der Waals surface area contributed by atoms with Crippen LogP contribution < -0.4 is 19.7 Å². The second-order valence-corrected chi connectivity index (χ2v) is 9.64. The van der Waals surface area contributed by atoms with Gasteiger partial charge >= 0.3 is 6.09 Å². The van der Waals surface area contributed by atoms with Crippen LogP contribution in [0, 0.1) is 0 Å². The summed E-state index contributed by atoms with van der Waals surface area (Å²) >= 11 is 0. The van der Waals surface area contributed by atoms with Gasteiger partial charge in [-0.3, -0.25) is 10.1 Å². The smallest absolute Gasteiger partial charge is 0.413 e. The molecule has 4 rings (SSSR count). The van der Waals surface area contributed by atoms with Crippen molar-refractivity contribution in [3.8, 4) is 17.2 Å². The van der Waals surface area contributed by atoms with E-state index in [9.17, 15) is 9.59 Å². The molecule has 0 unspecified atom stereocenters. The number of anilines is 2. The van der Waals surface area contributed by atoms with Crippen molar-refractivity contribution in [2.24, 2.45) is 0 Å². The maximum absolute atomic E-state index is 13.6. The van der Waals surface area contributed by atoms with Crippen LogP contribution in [-0.2, 0) is 4.74 Å². The molecule has 0 aliphatic carbocycles. The van der Waals surface area contributed by atoms with E-state index in [4.69, 9.17) is 14.2 Å². The molecule has 1 aromatic heterocycles. The largest absolute Gasteiger partial charge is 0.497 e. The van der Waals surface area contributed by atoms with Crippen LogP contribution in [0.2, 0.25) is 0 Å². The molecule has 2 heterocycles. The van der Waals surface area contributed by atoms with Gasteiger partial charge in [0.1, 0.15) is 22.8 Å². The summed E-state index contributed by atoms with van der Waals surface area (Å²) < 4.78 is 17.7. The van der Waals surface area contributed by atoms with Crippen molar-refractivity contribution in [1.29, 1.82) is 0 Å². The van der Waals surface area contributed by atoms with Gasteiger partial charge in [0, 0.05) is 56.1 Å². The number of carbonyl (C=O) groups excluding carboxylic acids is 2. The van der Waals surface area contributed by atoms with E-state index < -0.39 is 11.7 Å². The summed E-state index contributed by atoms with van der Waals surface area (Å²) in [5, 5.41) is 7.13. The summed E-state index contributed by atoms with van der Waals surface area (Å²) in [4.78, 5) is 29.9. The van der Waals surface area contributed by atoms with Crippen molar-refractivity contribution >= 4 is 23.5 Å². The maximum atomic E-state index is 13.6. The Morgan fingerprint density at radius 3 is 2.05 bits per heavy atom. The Balaban J connectivity index is 1.53. The minimum atomic E-state index is -0.656. The topological polar surface area (TPSA) is 98.2 Å². The van der Waals surface area contributed by atoms with Crippen molar-refractivity contribution in [3.05, 3.63) is 60.3 Å². The second-order valence-electron chi connectivity index (χ2n) is 9.64. The Hall–Kier alpha value is -4.21. The number of rotatable bonds is 6. The number of hydrogen-bond acceptors (Lipinski definition) is 7. The van der Waals surface area contributed by atoms with Gasteiger partial charge in [-0.2, -0.15) is 0 Å². The molecule has 2 aromatic carbocycles. The third kappa shape index (κ3) is 6.32. The molecule has 2 amide bonds. The minimum absolute atomic E-state index is 0.170. The van der Waals surface area contributed by atoms with Crippen LogP contribution in [0.15, 0.2) is 54.6 Å². The van der Waals surface area contributed by atoms with Gasteiger partial charge in [-0.1, -0.05) is 18.2 Å². The number of nitrogens with zero attached hydrogens (tertiary/aromatic N) is 4. The molecule has 1 saturated heterocycles. The molecule has 3 aromatic rings. The Kier molecular flexibility index (Phi) is 7.56. The standard InChI is InChI=1S/C27H33N5O5/c1-27(2,3)37-26(34)28-24-18-23(32(29-24)19-9-7-6-8-10-19)25(33)31-13-11-30(12-14-31)20-15-21(35-4)17-22(16-20)36-5/h6-10,15-18H,11-14H2,1-5H3,(H,28,29,34). The molecule has 37 heavy (non-hydrogen) atoms. The molecule has 0 spiro atoms. The lowest BCUT2D eigenvalue weighted by Crippen LogP contribution is -2.49. The van der Waals surface area contributed by atoms with Gasteiger partial charge in [-0.05, 0) is 32.9 Å². The molecule has 10 nitrogen and oxygen atoms in total. The molecule has 0 saturated carbocycles. The van der Waals surface area contributed by atoms with Gasteiger partial charge in [0.25, 0.3) is 5.91 Å². The average molecular weight is 508 g/mol. The quantitative estimate of drug-likeness (QED) is 0.534. The SMILES string of the molecule is COc1cc(OC)cc(N2CCN(C(=O)c3cc(NC(=O)OC(C)(C)C)nn3-c3ccccc3)CC2)c1. The number of benzene rings is 2. The Bertz CT molecular complexity index is 1220. The first-order chi connectivity index (χ1) is 17.7. The van der Waals surface area contributed by atoms with E-state index >= 15 is 0 Å². The summed E-state index contributed by atoms with van der Waals surface area (Å²) in [5.74, 6) is 1.49. The van der Waals surface area contributed by atoms with E-state index in [-0.39, 0.29) is 11.7 Å². The highest BCUT2D eigenvalue weighted by Crippen LogP contribution is 2.29. The molecule has 0 bridgehead atoms. The van der Waals surface area contributed by atoms with Gasteiger partial charge < -0.3 is 24.0 Å². The minimum Gasteiger partial charge on any atom is -0.497 e. The maximum Gasteiger partial charge on any atom is 0.413 e. The zero-order valence-electron chi connectivity index (χ0n) is 21.9. The average Bonchev–Trinajstić information content (AvgIpc) is 3.30. The lowest BCUT2D eigenvalue weighted by Gasteiger charge is -2.36. The molecule has 1 aliphatic rings. The van der Waals surface area contributed by atoms with Crippen LogP contribution in [0.5, 0.6) is 11.5 Å². The van der Waals surface area contributed by atoms with Crippen molar-refractivity contribution < 1.29 is 23.8 Å². The molecule has 1 N–H and O–H groups in total. The highest BCUT2D eigenvalue weighted by atomic mass is 16.6. The van der Waals surface area contributed by atoms with Crippen LogP contribution in [0.25, 0.3) is 5.69 Å². The fraction of sp³-hybridized carbons (Fsp3) is 0.370. The number of amides is 2. The molecule has 1 aliphatic heterocycles. The molecule has 1 fully saturated rings. The van der Waals surface area contributed by atoms with Gasteiger partial charge in [0.15, 0.2) is 5.82 Å². The van der Waals surface area contributed by atoms with Crippen molar-refractivity contribution in [2.75, 3.05) is 50.6 Å². The fourth-order valence-electron chi connectivity index (χ4n) is 4.07. The highest BCUT2D eigenvalue weighted by Gasteiger charge is 2.27. The number of piperazine rings is 1. The van der Waals surface area contributed by atoms with Crippen molar-refractivity contribution in [1.82, 2.24) is 14.7 Å². The number of carbonyl (C=O) groups is 2. The summed E-state index contributed by atoms with van der Waals surface area (Å²) in [6, 6.07) is 16.7. The van der Waals surface area contributed by atoms with Crippen LogP contribution in [0.3, 0.4) is 0 Å². The van der Waals surface area contributed by atoms with E-state index in [1.165, 1.54) is 0 Å². The first-order valence-electron chi connectivity index (χ1n) is 12.1. The molecule has 0 radical (unpaired) electrons.